The number of nitrogen functional groups attached to an aromatic ring is 1. The highest BCUT2D eigenvalue weighted by Gasteiger charge is 2.00. The molecule has 0 radical (unpaired) electrons. The van der Waals surface area contributed by atoms with E-state index in [1.807, 2.05) is 37.3 Å². The van der Waals surface area contributed by atoms with Gasteiger partial charge in [-0.15, -0.1) is 0 Å². The largest absolute Gasteiger partial charge is 0.398 e. The number of aryl methyl sites for hydroxylation is 1. The molecular weight excluding hydrogens is 182 g/mol. The number of nitrogens with two attached hydrogens (primary N) is 1. The third kappa shape index (κ3) is 1.36. The molecule has 2 heteroatoms. The quantitative estimate of drug-likeness (QED) is 0.635. The Balaban J connectivity index is 2.87. The first kappa shape index (κ1) is 8.39. The number of rotatable bonds is 0. The van der Waals surface area contributed by atoms with Crippen molar-refractivity contribution in [1.29, 1.82) is 0 Å². The van der Waals surface area contributed by atoms with Crippen molar-refractivity contribution in [3.8, 4) is 0 Å². The molecule has 1 nitrogen and oxygen atoms in total. The van der Waals surface area contributed by atoms with Crippen LogP contribution in [0, 0.1) is 6.92 Å². The van der Waals surface area contributed by atoms with Crippen LogP contribution in [-0.2, 0) is 0 Å². The molecule has 0 spiro atoms. The van der Waals surface area contributed by atoms with E-state index in [0.29, 0.717) is 0 Å². The lowest BCUT2D eigenvalue weighted by atomic mass is 10.0. The van der Waals surface area contributed by atoms with Crippen molar-refractivity contribution in [3.05, 3.63) is 40.9 Å². The second-order valence-corrected chi connectivity index (χ2v) is 3.58. The van der Waals surface area contributed by atoms with E-state index < -0.39 is 0 Å². The summed E-state index contributed by atoms with van der Waals surface area (Å²) in [5.41, 5.74) is 7.74. The molecule has 0 atom stereocenters. The molecule has 0 aliphatic rings. The fourth-order valence-corrected chi connectivity index (χ4v) is 1.65. The van der Waals surface area contributed by atoms with Crippen molar-refractivity contribution in [1.82, 2.24) is 0 Å². The van der Waals surface area contributed by atoms with Crippen LogP contribution in [0.4, 0.5) is 5.69 Å². The Morgan fingerprint density at radius 1 is 1.15 bits per heavy atom. The normalized spacial score (nSPS) is 10.6. The third-order valence-corrected chi connectivity index (χ3v) is 2.53. The first-order valence-corrected chi connectivity index (χ1v) is 4.50. The van der Waals surface area contributed by atoms with E-state index in [4.69, 9.17) is 17.3 Å². The lowest BCUT2D eigenvalue weighted by Gasteiger charge is -2.05. The number of hydrogen-bond acceptors (Lipinski definition) is 1. The zero-order valence-electron chi connectivity index (χ0n) is 7.34. The minimum absolute atomic E-state index is 0.761. The molecule has 0 aliphatic carbocycles. The minimum Gasteiger partial charge on any atom is -0.398 e. The summed E-state index contributed by atoms with van der Waals surface area (Å²) in [6, 6.07) is 9.74. The second-order valence-electron chi connectivity index (χ2n) is 3.15. The lowest BCUT2D eigenvalue weighted by Crippen LogP contribution is -1.89. The monoisotopic (exact) mass is 191 g/mol. The summed E-state index contributed by atoms with van der Waals surface area (Å²) in [7, 11) is 0. The highest BCUT2D eigenvalue weighted by atomic mass is 35.5. The molecule has 0 fully saturated rings. The molecule has 0 heterocycles. The predicted octanol–water partition coefficient (Wildman–Crippen LogP) is 3.38. The fraction of sp³-hybridized carbons (Fsp3) is 0.0909. The number of fused-ring (bicyclic) bond motifs is 1. The highest BCUT2D eigenvalue weighted by Crippen LogP contribution is 2.25. The smallest absolute Gasteiger partial charge is 0.0412 e. The molecule has 0 unspecified atom stereocenters. The Labute approximate surface area is 82.1 Å². The first-order chi connectivity index (χ1) is 6.18. The Hall–Kier alpha value is -1.21. The van der Waals surface area contributed by atoms with Crippen LogP contribution in [0.1, 0.15) is 5.56 Å². The summed E-state index contributed by atoms with van der Waals surface area (Å²) < 4.78 is 0. The van der Waals surface area contributed by atoms with E-state index in [1.54, 1.807) is 0 Å². The van der Waals surface area contributed by atoms with Crippen molar-refractivity contribution in [2.24, 2.45) is 0 Å². The summed E-state index contributed by atoms with van der Waals surface area (Å²) in [6.45, 7) is 2.02. The Bertz CT molecular complexity index is 463. The lowest BCUT2D eigenvalue weighted by molar-refractivity contribution is 1.52. The van der Waals surface area contributed by atoms with Gasteiger partial charge in [0.25, 0.3) is 0 Å². The van der Waals surface area contributed by atoms with Gasteiger partial charge >= 0.3 is 0 Å². The van der Waals surface area contributed by atoms with E-state index in [-0.39, 0.29) is 0 Å². The van der Waals surface area contributed by atoms with Gasteiger partial charge in [0.2, 0.25) is 0 Å². The van der Waals surface area contributed by atoms with Gasteiger partial charge < -0.3 is 5.73 Å². The number of halogens is 1. The summed E-state index contributed by atoms with van der Waals surface area (Å²) in [5, 5.41) is 3.07. The zero-order chi connectivity index (χ0) is 9.42. The van der Waals surface area contributed by atoms with E-state index in [1.165, 1.54) is 5.39 Å². The maximum absolute atomic E-state index is 5.88. The Morgan fingerprint density at radius 3 is 2.69 bits per heavy atom. The third-order valence-electron chi connectivity index (χ3n) is 2.29. The fourth-order valence-electron chi connectivity index (χ4n) is 1.47. The predicted molar refractivity (Wildman–Crippen MR) is 58.1 cm³/mol. The summed E-state index contributed by atoms with van der Waals surface area (Å²) in [5.74, 6) is 0. The highest BCUT2D eigenvalue weighted by molar-refractivity contribution is 6.31. The van der Waals surface area contributed by atoms with Crippen LogP contribution >= 0.6 is 11.6 Å². The van der Waals surface area contributed by atoms with Crippen LogP contribution in [0.15, 0.2) is 30.3 Å². The van der Waals surface area contributed by atoms with Gasteiger partial charge in [0.1, 0.15) is 0 Å². The van der Waals surface area contributed by atoms with Gasteiger partial charge in [0.05, 0.1) is 0 Å². The van der Waals surface area contributed by atoms with Gasteiger partial charge in [-0.05, 0) is 41.5 Å². The number of anilines is 1. The number of benzene rings is 2. The molecule has 2 rings (SSSR count). The van der Waals surface area contributed by atoms with Gasteiger partial charge in [-0.25, -0.2) is 0 Å². The molecule has 0 bridgehead atoms. The minimum atomic E-state index is 0.761. The molecule has 2 N–H and O–H groups in total. The van der Waals surface area contributed by atoms with Crippen LogP contribution in [0.3, 0.4) is 0 Å². The molecule has 2 aromatic carbocycles. The summed E-state index contributed by atoms with van der Waals surface area (Å²) in [4.78, 5) is 0. The summed E-state index contributed by atoms with van der Waals surface area (Å²) >= 11 is 5.88. The molecular formula is C11H10ClN. The van der Waals surface area contributed by atoms with Crippen molar-refractivity contribution >= 4 is 28.1 Å². The van der Waals surface area contributed by atoms with Crippen LogP contribution < -0.4 is 5.73 Å². The standard InChI is InChI=1S/C11H10ClN/c1-7-10-4-3-9(12)6-8(10)2-5-11(7)13/h2-6H,13H2,1H3. The SMILES string of the molecule is Cc1c(N)ccc2cc(Cl)ccc12. The van der Waals surface area contributed by atoms with Crippen molar-refractivity contribution in [3.63, 3.8) is 0 Å². The molecule has 66 valence electrons. The van der Waals surface area contributed by atoms with Crippen LogP contribution in [-0.4, -0.2) is 0 Å². The number of hydrogen-bond donors (Lipinski definition) is 1. The van der Waals surface area contributed by atoms with E-state index in [2.05, 4.69) is 0 Å². The van der Waals surface area contributed by atoms with Crippen LogP contribution in [0.2, 0.25) is 5.02 Å². The zero-order valence-corrected chi connectivity index (χ0v) is 8.10. The van der Waals surface area contributed by atoms with Gasteiger partial charge in [-0.2, -0.15) is 0 Å². The Morgan fingerprint density at radius 2 is 1.92 bits per heavy atom. The average molecular weight is 192 g/mol. The first-order valence-electron chi connectivity index (χ1n) is 4.13. The topological polar surface area (TPSA) is 26.0 Å². The summed E-state index contributed by atoms with van der Waals surface area (Å²) in [6.07, 6.45) is 0. The molecule has 0 saturated heterocycles. The Kier molecular flexibility index (Phi) is 1.89. The van der Waals surface area contributed by atoms with Crippen LogP contribution in [0.5, 0.6) is 0 Å². The van der Waals surface area contributed by atoms with Gasteiger partial charge in [0.15, 0.2) is 0 Å². The molecule has 2 aromatic rings. The van der Waals surface area contributed by atoms with Crippen LogP contribution in [0.25, 0.3) is 10.8 Å². The molecule has 0 aliphatic heterocycles. The van der Waals surface area contributed by atoms with E-state index >= 15 is 0 Å². The van der Waals surface area contributed by atoms with E-state index in [9.17, 15) is 0 Å². The molecule has 13 heavy (non-hydrogen) atoms. The van der Waals surface area contributed by atoms with Gasteiger partial charge in [0, 0.05) is 10.7 Å². The van der Waals surface area contributed by atoms with Gasteiger partial charge in [-0.3, -0.25) is 0 Å². The van der Waals surface area contributed by atoms with Crippen molar-refractivity contribution in [2.75, 3.05) is 5.73 Å². The van der Waals surface area contributed by atoms with E-state index in [0.717, 1.165) is 21.7 Å². The van der Waals surface area contributed by atoms with Crippen molar-refractivity contribution in [2.45, 2.75) is 6.92 Å². The van der Waals surface area contributed by atoms with Crippen molar-refractivity contribution < 1.29 is 0 Å². The molecule has 0 amide bonds. The second kappa shape index (κ2) is 2.93. The van der Waals surface area contributed by atoms with Gasteiger partial charge in [-0.1, -0.05) is 23.7 Å². The maximum Gasteiger partial charge on any atom is 0.0412 e. The average Bonchev–Trinajstić information content (AvgIpc) is 2.12. The molecule has 0 aromatic heterocycles. The maximum atomic E-state index is 5.88. The molecule has 0 saturated carbocycles.